The number of rotatable bonds is 6. The molecule has 0 aromatic heterocycles. The standard InChI is InChI=1S/C19H15BrF2N2O4/c20-14-7-12(21)8-15(22)17(14)24-16(25)9-28-19(27)11-2-1-3-13(6-11)23-18(26)10-4-5-10/h1-3,6-8,10H,4-5,9H2,(H,23,26)(H,24,25). The molecule has 1 saturated carbocycles. The molecule has 9 heteroatoms. The van der Waals surface area contributed by atoms with Gasteiger partial charge in [-0.3, -0.25) is 9.59 Å². The number of carbonyl (C=O) groups excluding carboxylic acids is 3. The number of hydrogen-bond donors (Lipinski definition) is 2. The zero-order chi connectivity index (χ0) is 20.3. The average molecular weight is 453 g/mol. The van der Waals surface area contributed by atoms with Crippen LogP contribution in [0.25, 0.3) is 0 Å². The first-order chi connectivity index (χ1) is 13.3. The second kappa shape index (κ2) is 8.47. The molecule has 0 radical (unpaired) electrons. The number of nitrogens with one attached hydrogen (secondary N) is 2. The first-order valence-electron chi connectivity index (χ1n) is 8.36. The monoisotopic (exact) mass is 452 g/mol. The summed E-state index contributed by atoms with van der Waals surface area (Å²) in [6.45, 7) is -0.666. The van der Waals surface area contributed by atoms with Gasteiger partial charge in [0.2, 0.25) is 5.91 Å². The summed E-state index contributed by atoms with van der Waals surface area (Å²) in [7, 11) is 0. The van der Waals surface area contributed by atoms with E-state index in [-0.39, 0.29) is 27.5 Å². The first-order valence-corrected chi connectivity index (χ1v) is 9.15. The molecule has 1 aliphatic rings. The van der Waals surface area contributed by atoms with Gasteiger partial charge in [0.15, 0.2) is 12.4 Å². The quantitative estimate of drug-likeness (QED) is 0.651. The topological polar surface area (TPSA) is 84.5 Å². The lowest BCUT2D eigenvalue weighted by atomic mass is 10.2. The number of hydrogen-bond acceptors (Lipinski definition) is 4. The van der Waals surface area contributed by atoms with Crippen molar-refractivity contribution in [3.05, 3.63) is 58.1 Å². The summed E-state index contributed by atoms with van der Waals surface area (Å²) in [6.07, 6.45) is 1.71. The maximum absolute atomic E-state index is 13.7. The largest absolute Gasteiger partial charge is 0.452 e. The van der Waals surface area contributed by atoms with Gasteiger partial charge in [0.05, 0.1) is 11.3 Å². The normalized spacial score (nSPS) is 13.0. The number of benzene rings is 2. The van der Waals surface area contributed by atoms with Gasteiger partial charge in [0.25, 0.3) is 5.91 Å². The third kappa shape index (κ3) is 5.13. The number of ether oxygens (including phenoxy) is 1. The van der Waals surface area contributed by atoms with Crippen LogP contribution in [0.4, 0.5) is 20.2 Å². The molecule has 2 aromatic rings. The van der Waals surface area contributed by atoms with E-state index in [1.54, 1.807) is 12.1 Å². The third-order valence-corrected chi connectivity index (χ3v) is 4.55. The van der Waals surface area contributed by atoms with E-state index in [9.17, 15) is 23.2 Å². The third-order valence-electron chi connectivity index (χ3n) is 3.92. The Balaban J connectivity index is 1.56. The number of halogens is 3. The van der Waals surface area contributed by atoms with Crippen molar-refractivity contribution in [1.29, 1.82) is 0 Å². The predicted octanol–water partition coefficient (Wildman–Crippen LogP) is 3.87. The van der Waals surface area contributed by atoms with E-state index in [1.807, 2.05) is 0 Å². The summed E-state index contributed by atoms with van der Waals surface area (Å²) in [4.78, 5) is 35.8. The highest BCUT2D eigenvalue weighted by Crippen LogP contribution is 2.30. The van der Waals surface area contributed by atoms with Crippen molar-refractivity contribution in [3.63, 3.8) is 0 Å². The Labute approximate surface area is 167 Å². The molecule has 0 unspecified atom stereocenters. The van der Waals surface area contributed by atoms with Gasteiger partial charge in [-0.1, -0.05) is 6.07 Å². The lowest BCUT2D eigenvalue weighted by Crippen LogP contribution is -2.22. The van der Waals surface area contributed by atoms with Crippen LogP contribution in [0.15, 0.2) is 40.9 Å². The smallest absolute Gasteiger partial charge is 0.338 e. The molecule has 28 heavy (non-hydrogen) atoms. The molecular formula is C19H15BrF2N2O4. The van der Waals surface area contributed by atoms with Gasteiger partial charge in [-0.2, -0.15) is 0 Å². The Morgan fingerprint density at radius 1 is 1.11 bits per heavy atom. The molecule has 0 atom stereocenters. The molecule has 2 amide bonds. The Hall–Kier alpha value is -2.81. The molecule has 2 aromatic carbocycles. The Morgan fingerprint density at radius 2 is 1.86 bits per heavy atom. The van der Waals surface area contributed by atoms with Crippen LogP contribution in [0.1, 0.15) is 23.2 Å². The highest BCUT2D eigenvalue weighted by molar-refractivity contribution is 9.10. The molecule has 2 N–H and O–H groups in total. The second-order valence-corrected chi connectivity index (χ2v) is 7.07. The van der Waals surface area contributed by atoms with Gasteiger partial charge in [-0.25, -0.2) is 13.6 Å². The first kappa shape index (κ1) is 19.9. The number of esters is 1. The molecule has 0 spiro atoms. The van der Waals surface area contributed by atoms with Crippen LogP contribution in [-0.4, -0.2) is 24.4 Å². The minimum absolute atomic E-state index is 0.0174. The van der Waals surface area contributed by atoms with E-state index in [2.05, 4.69) is 26.6 Å². The van der Waals surface area contributed by atoms with E-state index >= 15 is 0 Å². The maximum atomic E-state index is 13.7. The van der Waals surface area contributed by atoms with Gasteiger partial charge < -0.3 is 15.4 Å². The van der Waals surface area contributed by atoms with Crippen LogP contribution >= 0.6 is 15.9 Å². The molecular weight excluding hydrogens is 438 g/mol. The molecule has 0 saturated heterocycles. The molecule has 3 rings (SSSR count). The second-order valence-electron chi connectivity index (χ2n) is 6.21. The molecule has 1 fully saturated rings. The van der Waals surface area contributed by atoms with Crippen molar-refractivity contribution in [2.24, 2.45) is 5.92 Å². The molecule has 0 aliphatic heterocycles. The fourth-order valence-electron chi connectivity index (χ4n) is 2.37. The fourth-order valence-corrected chi connectivity index (χ4v) is 2.87. The number of amides is 2. The van der Waals surface area contributed by atoms with E-state index in [1.165, 1.54) is 12.1 Å². The summed E-state index contributed by atoms with van der Waals surface area (Å²) >= 11 is 2.95. The summed E-state index contributed by atoms with van der Waals surface area (Å²) in [6, 6.07) is 7.74. The van der Waals surface area contributed by atoms with E-state index in [4.69, 9.17) is 4.74 Å². The Bertz CT molecular complexity index is 924. The Morgan fingerprint density at radius 3 is 2.54 bits per heavy atom. The van der Waals surface area contributed by atoms with E-state index < -0.39 is 30.1 Å². The van der Waals surface area contributed by atoms with Crippen LogP contribution < -0.4 is 10.6 Å². The summed E-state index contributed by atoms with van der Waals surface area (Å²) in [5.74, 6) is -3.43. The van der Waals surface area contributed by atoms with Crippen LogP contribution in [0.2, 0.25) is 0 Å². The van der Waals surface area contributed by atoms with Crippen molar-refractivity contribution in [3.8, 4) is 0 Å². The fraction of sp³-hybridized carbons (Fsp3) is 0.211. The predicted molar refractivity (Wildman–Crippen MR) is 101 cm³/mol. The minimum Gasteiger partial charge on any atom is -0.452 e. The lowest BCUT2D eigenvalue weighted by Gasteiger charge is -2.10. The summed E-state index contributed by atoms with van der Waals surface area (Å²) in [5.41, 5.74) is 0.343. The molecule has 146 valence electrons. The highest BCUT2D eigenvalue weighted by Gasteiger charge is 2.29. The van der Waals surface area contributed by atoms with Crippen molar-refractivity contribution < 1.29 is 27.9 Å². The summed E-state index contributed by atoms with van der Waals surface area (Å²) < 4.78 is 31.7. The Kier molecular flexibility index (Phi) is 6.03. The van der Waals surface area contributed by atoms with E-state index in [0.29, 0.717) is 11.8 Å². The SMILES string of the molecule is O=C(COC(=O)c1cccc(NC(=O)C2CC2)c1)Nc1c(F)cc(F)cc1Br. The number of anilines is 2. The highest BCUT2D eigenvalue weighted by atomic mass is 79.9. The minimum atomic E-state index is -0.967. The van der Waals surface area contributed by atoms with Crippen molar-refractivity contribution >= 4 is 45.1 Å². The maximum Gasteiger partial charge on any atom is 0.338 e. The van der Waals surface area contributed by atoms with Crippen molar-refractivity contribution in [2.45, 2.75) is 12.8 Å². The van der Waals surface area contributed by atoms with Crippen molar-refractivity contribution in [2.75, 3.05) is 17.2 Å². The zero-order valence-corrected chi connectivity index (χ0v) is 16.0. The van der Waals surface area contributed by atoms with Crippen LogP contribution in [0, 0.1) is 17.6 Å². The summed E-state index contributed by atoms with van der Waals surface area (Å²) in [5, 5.41) is 4.92. The van der Waals surface area contributed by atoms with Gasteiger partial charge in [-0.15, -0.1) is 0 Å². The van der Waals surface area contributed by atoms with Gasteiger partial charge in [0, 0.05) is 22.1 Å². The lowest BCUT2D eigenvalue weighted by molar-refractivity contribution is -0.119. The van der Waals surface area contributed by atoms with Gasteiger partial charge >= 0.3 is 5.97 Å². The average Bonchev–Trinajstić information content (AvgIpc) is 3.48. The van der Waals surface area contributed by atoms with E-state index in [0.717, 1.165) is 18.9 Å². The number of carbonyl (C=O) groups is 3. The zero-order valence-electron chi connectivity index (χ0n) is 14.4. The molecule has 1 aliphatic carbocycles. The van der Waals surface area contributed by atoms with Crippen molar-refractivity contribution in [1.82, 2.24) is 0 Å². The van der Waals surface area contributed by atoms with Crippen LogP contribution in [0.3, 0.4) is 0 Å². The molecule has 0 heterocycles. The van der Waals surface area contributed by atoms with Gasteiger partial charge in [0.1, 0.15) is 5.82 Å². The van der Waals surface area contributed by atoms with Crippen LogP contribution in [0.5, 0.6) is 0 Å². The molecule has 6 nitrogen and oxygen atoms in total. The van der Waals surface area contributed by atoms with Gasteiger partial charge in [-0.05, 0) is 53.0 Å². The molecule has 0 bridgehead atoms. The van der Waals surface area contributed by atoms with Crippen LogP contribution in [-0.2, 0) is 14.3 Å².